The maximum absolute atomic E-state index is 6.41. The van der Waals surface area contributed by atoms with Crippen molar-refractivity contribution >= 4 is 11.6 Å². The molecule has 90 valence electrons. The lowest BCUT2D eigenvalue weighted by molar-refractivity contribution is 0.00812. The Balaban J connectivity index is 4.11. The Morgan fingerprint density at radius 2 is 1.53 bits per heavy atom. The van der Waals surface area contributed by atoms with Crippen LogP contribution in [0.25, 0.3) is 0 Å². The molecule has 0 atom stereocenters. The van der Waals surface area contributed by atoms with E-state index < -0.39 is 4.87 Å². The standard InChI is InChI=1S/C12H23ClO2/c1-6-7-12(13,8-14-10(2)3)9-15-11(4)5/h6,10-11H,1,7-9H2,2-5H3. The van der Waals surface area contributed by atoms with E-state index in [1.807, 2.05) is 27.7 Å². The summed E-state index contributed by atoms with van der Waals surface area (Å²) in [6, 6.07) is 0. The van der Waals surface area contributed by atoms with Gasteiger partial charge >= 0.3 is 0 Å². The van der Waals surface area contributed by atoms with Gasteiger partial charge in [-0.15, -0.1) is 18.2 Å². The van der Waals surface area contributed by atoms with Crippen molar-refractivity contribution in [2.45, 2.75) is 51.2 Å². The Morgan fingerprint density at radius 1 is 1.13 bits per heavy atom. The molecule has 0 aliphatic carbocycles. The molecule has 2 nitrogen and oxygen atoms in total. The van der Waals surface area contributed by atoms with E-state index in [0.29, 0.717) is 19.6 Å². The van der Waals surface area contributed by atoms with Crippen molar-refractivity contribution in [2.24, 2.45) is 0 Å². The zero-order chi connectivity index (χ0) is 11.9. The summed E-state index contributed by atoms with van der Waals surface area (Å²) in [6.45, 7) is 12.7. The summed E-state index contributed by atoms with van der Waals surface area (Å²) in [5, 5.41) is 0. The van der Waals surface area contributed by atoms with Gasteiger partial charge in [0.1, 0.15) is 0 Å². The third-order valence-corrected chi connectivity index (χ3v) is 2.23. The van der Waals surface area contributed by atoms with Gasteiger partial charge in [0.2, 0.25) is 0 Å². The molecule has 0 aliphatic rings. The molecule has 0 amide bonds. The number of allylic oxidation sites excluding steroid dienone is 1. The van der Waals surface area contributed by atoms with Crippen molar-refractivity contribution in [1.82, 2.24) is 0 Å². The molecule has 0 saturated carbocycles. The molecule has 0 aromatic rings. The molecule has 0 N–H and O–H groups in total. The zero-order valence-electron chi connectivity index (χ0n) is 10.3. The molecule has 0 radical (unpaired) electrons. The minimum absolute atomic E-state index is 0.187. The van der Waals surface area contributed by atoms with E-state index in [9.17, 15) is 0 Å². The third kappa shape index (κ3) is 7.83. The number of alkyl halides is 1. The largest absolute Gasteiger partial charge is 0.377 e. The fourth-order valence-electron chi connectivity index (χ4n) is 1.05. The maximum atomic E-state index is 6.41. The van der Waals surface area contributed by atoms with Crippen LogP contribution in [0.5, 0.6) is 0 Å². The van der Waals surface area contributed by atoms with Crippen LogP contribution in [-0.2, 0) is 9.47 Å². The molecule has 0 aliphatic heterocycles. The normalized spacial score (nSPS) is 12.5. The molecule has 3 heteroatoms. The van der Waals surface area contributed by atoms with Gasteiger partial charge in [0, 0.05) is 0 Å². The van der Waals surface area contributed by atoms with Gasteiger partial charge in [-0.2, -0.15) is 0 Å². The van der Waals surface area contributed by atoms with Crippen molar-refractivity contribution in [3.8, 4) is 0 Å². The van der Waals surface area contributed by atoms with Gasteiger partial charge in [0.15, 0.2) is 0 Å². The molecule has 0 heterocycles. The topological polar surface area (TPSA) is 18.5 Å². The van der Waals surface area contributed by atoms with Crippen LogP contribution in [0.1, 0.15) is 34.1 Å². The summed E-state index contributed by atoms with van der Waals surface area (Å²) in [6.07, 6.45) is 2.87. The second-order valence-electron chi connectivity index (χ2n) is 4.36. The number of halogens is 1. The van der Waals surface area contributed by atoms with Gasteiger partial charge in [-0.05, 0) is 34.1 Å². The number of hydrogen-bond donors (Lipinski definition) is 0. The highest BCUT2D eigenvalue weighted by Crippen LogP contribution is 2.23. The van der Waals surface area contributed by atoms with Gasteiger partial charge in [-0.1, -0.05) is 6.08 Å². The molecule has 0 aromatic heterocycles. The number of rotatable bonds is 8. The van der Waals surface area contributed by atoms with Gasteiger partial charge < -0.3 is 9.47 Å². The Labute approximate surface area is 98.6 Å². The van der Waals surface area contributed by atoms with Crippen molar-refractivity contribution < 1.29 is 9.47 Å². The Morgan fingerprint density at radius 3 is 1.80 bits per heavy atom. The van der Waals surface area contributed by atoms with Crippen LogP contribution in [0.4, 0.5) is 0 Å². The SMILES string of the molecule is C=CCC(Cl)(COC(C)C)COC(C)C. The van der Waals surface area contributed by atoms with Crippen LogP contribution in [0.3, 0.4) is 0 Å². The first-order valence-electron chi connectivity index (χ1n) is 5.42. The Bertz CT molecular complexity index is 166. The summed E-state index contributed by atoms with van der Waals surface area (Å²) in [5.41, 5.74) is 0. The smallest absolute Gasteiger partial charge is 0.0945 e. The minimum atomic E-state index is -0.476. The van der Waals surface area contributed by atoms with Gasteiger partial charge in [-0.25, -0.2) is 0 Å². The lowest BCUT2D eigenvalue weighted by atomic mass is 10.1. The average Bonchev–Trinajstić information content (AvgIpc) is 2.13. The van der Waals surface area contributed by atoms with Crippen molar-refractivity contribution in [3.63, 3.8) is 0 Å². The summed E-state index contributed by atoms with van der Waals surface area (Å²) in [5.74, 6) is 0. The first kappa shape index (κ1) is 14.9. The number of ether oxygens (including phenoxy) is 2. The third-order valence-electron chi connectivity index (χ3n) is 1.86. The minimum Gasteiger partial charge on any atom is -0.377 e. The molecular weight excluding hydrogens is 212 g/mol. The van der Waals surface area contributed by atoms with E-state index in [0.717, 1.165) is 0 Å². The van der Waals surface area contributed by atoms with Gasteiger partial charge in [0.25, 0.3) is 0 Å². The molecule has 0 bridgehead atoms. The maximum Gasteiger partial charge on any atom is 0.0945 e. The van der Waals surface area contributed by atoms with E-state index in [-0.39, 0.29) is 12.2 Å². The lowest BCUT2D eigenvalue weighted by Crippen LogP contribution is -2.35. The predicted molar refractivity (Wildman–Crippen MR) is 65.6 cm³/mol. The van der Waals surface area contributed by atoms with Crippen LogP contribution in [0, 0.1) is 0 Å². The highest BCUT2D eigenvalue weighted by molar-refractivity contribution is 6.24. The van der Waals surface area contributed by atoms with E-state index in [1.54, 1.807) is 6.08 Å². The van der Waals surface area contributed by atoms with E-state index in [2.05, 4.69) is 6.58 Å². The number of hydrogen-bond acceptors (Lipinski definition) is 2. The molecular formula is C12H23ClO2. The molecule has 0 saturated heterocycles. The summed E-state index contributed by atoms with van der Waals surface area (Å²) in [4.78, 5) is -0.476. The van der Waals surface area contributed by atoms with Crippen LogP contribution in [-0.4, -0.2) is 30.3 Å². The van der Waals surface area contributed by atoms with Crippen molar-refractivity contribution in [3.05, 3.63) is 12.7 Å². The average molecular weight is 235 g/mol. The molecule has 0 aromatic carbocycles. The van der Waals surface area contributed by atoms with Crippen LogP contribution in [0.15, 0.2) is 12.7 Å². The first-order chi connectivity index (χ1) is 6.89. The molecule has 0 fully saturated rings. The van der Waals surface area contributed by atoms with Crippen LogP contribution < -0.4 is 0 Å². The highest BCUT2D eigenvalue weighted by Gasteiger charge is 2.27. The second-order valence-corrected chi connectivity index (χ2v) is 5.16. The van der Waals surface area contributed by atoms with Crippen molar-refractivity contribution in [1.29, 1.82) is 0 Å². The molecule has 0 spiro atoms. The fraction of sp³-hybridized carbons (Fsp3) is 0.833. The van der Waals surface area contributed by atoms with Gasteiger partial charge in [0.05, 0.1) is 30.3 Å². The molecule has 0 rings (SSSR count). The molecule has 15 heavy (non-hydrogen) atoms. The van der Waals surface area contributed by atoms with Gasteiger partial charge in [-0.3, -0.25) is 0 Å². The Hall–Kier alpha value is -0.0500. The van der Waals surface area contributed by atoms with E-state index >= 15 is 0 Å². The van der Waals surface area contributed by atoms with Crippen LogP contribution in [0.2, 0.25) is 0 Å². The first-order valence-corrected chi connectivity index (χ1v) is 5.80. The Kier molecular flexibility index (Phi) is 7.24. The van der Waals surface area contributed by atoms with E-state index in [1.165, 1.54) is 0 Å². The fourth-order valence-corrected chi connectivity index (χ4v) is 1.29. The predicted octanol–water partition coefficient (Wildman–Crippen LogP) is 3.39. The van der Waals surface area contributed by atoms with Crippen molar-refractivity contribution in [2.75, 3.05) is 13.2 Å². The highest BCUT2D eigenvalue weighted by atomic mass is 35.5. The zero-order valence-corrected chi connectivity index (χ0v) is 11.0. The lowest BCUT2D eigenvalue weighted by Gasteiger charge is -2.27. The quantitative estimate of drug-likeness (QED) is 0.474. The molecule has 0 unspecified atom stereocenters. The van der Waals surface area contributed by atoms with Crippen LogP contribution >= 0.6 is 11.6 Å². The van der Waals surface area contributed by atoms with E-state index in [4.69, 9.17) is 21.1 Å². The second kappa shape index (κ2) is 7.26. The monoisotopic (exact) mass is 234 g/mol. The summed E-state index contributed by atoms with van der Waals surface area (Å²) in [7, 11) is 0. The summed E-state index contributed by atoms with van der Waals surface area (Å²) < 4.78 is 11.1. The summed E-state index contributed by atoms with van der Waals surface area (Å²) >= 11 is 6.41.